The van der Waals surface area contributed by atoms with Crippen LogP contribution in [0.1, 0.15) is 36.9 Å². The fourth-order valence-corrected chi connectivity index (χ4v) is 4.49. The second kappa shape index (κ2) is 7.10. The van der Waals surface area contributed by atoms with Gasteiger partial charge in [0.25, 0.3) is 0 Å². The molecular formula is C22H27N3O. The van der Waals surface area contributed by atoms with E-state index in [1.54, 1.807) is 0 Å². The van der Waals surface area contributed by atoms with E-state index in [1.165, 1.54) is 18.4 Å². The van der Waals surface area contributed by atoms with Crippen LogP contribution in [0, 0.1) is 12.3 Å². The molecule has 1 spiro atoms. The van der Waals surface area contributed by atoms with Crippen LogP contribution >= 0.6 is 0 Å². The quantitative estimate of drug-likeness (QED) is 0.846. The van der Waals surface area contributed by atoms with Gasteiger partial charge in [-0.1, -0.05) is 36.4 Å². The molecule has 2 saturated heterocycles. The van der Waals surface area contributed by atoms with Crippen molar-refractivity contribution < 1.29 is 4.79 Å². The van der Waals surface area contributed by atoms with E-state index < -0.39 is 0 Å². The van der Waals surface area contributed by atoms with E-state index in [0.717, 1.165) is 44.1 Å². The number of hydrogen-bond acceptors (Lipinski definition) is 3. The summed E-state index contributed by atoms with van der Waals surface area (Å²) in [4.78, 5) is 21.7. The van der Waals surface area contributed by atoms with Gasteiger partial charge in [0.1, 0.15) is 5.82 Å². The number of nitrogens with zero attached hydrogens (tertiary/aromatic N) is 3. The zero-order chi connectivity index (χ0) is 18.0. The molecule has 1 unspecified atom stereocenters. The van der Waals surface area contributed by atoms with Gasteiger partial charge >= 0.3 is 0 Å². The highest BCUT2D eigenvalue weighted by Gasteiger charge is 2.41. The Morgan fingerprint density at radius 2 is 1.88 bits per heavy atom. The maximum Gasteiger partial charge on any atom is 0.222 e. The number of aryl methyl sites for hydroxylation is 1. The molecule has 26 heavy (non-hydrogen) atoms. The minimum atomic E-state index is 0.201. The van der Waals surface area contributed by atoms with E-state index in [4.69, 9.17) is 4.98 Å². The van der Waals surface area contributed by atoms with Gasteiger partial charge in [-0.15, -0.1) is 0 Å². The number of pyridine rings is 1. The van der Waals surface area contributed by atoms with Crippen LogP contribution in [0.15, 0.2) is 48.5 Å². The Hall–Kier alpha value is -2.36. The molecule has 4 heteroatoms. The third kappa shape index (κ3) is 3.59. The summed E-state index contributed by atoms with van der Waals surface area (Å²) in [6.45, 7) is 5.70. The first-order valence-electron chi connectivity index (χ1n) is 9.64. The minimum absolute atomic E-state index is 0.201. The number of anilines is 1. The Labute approximate surface area is 155 Å². The topological polar surface area (TPSA) is 36.4 Å². The summed E-state index contributed by atoms with van der Waals surface area (Å²) in [5.74, 6) is 1.38. The number of likely N-dealkylation sites (tertiary alicyclic amines) is 1. The highest BCUT2D eigenvalue weighted by molar-refractivity contribution is 5.77. The lowest BCUT2D eigenvalue weighted by Crippen LogP contribution is -2.54. The zero-order valence-corrected chi connectivity index (χ0v) is 15.5. The van der Waals surface area contributed by atoms with E-state index in [2.05, 4.69) is 34.1 Å². The summed E-state index contributed by atoms with van der Waals surface area (Å²) >= 11 is 0. The molecule has 2 aromatic rings. The monoisotopic (exact) mass is 349 g/mol. The molecule has 2 aliphatic heterocycles. The van der Waals surface area contributed by atoms with Crippen molar-refractivity contribution in [3.05, 3.63) is 59.8 Å². The van der Waals surface area contributed by atoms with Crippen LogP contribution < -0.4 is 4.90 Å². The lowest BCUT2D eigenvalue weighted by Gasteiger charge is -2.48. The summed E-state index contributed by atoms with van der Waals surface area (Å²) in [5, 5.41) is 0. The average molecular weight is 349 g/mol. The number of carbonyl (C=O) groups is 1. The van der Waals surface area contributed by atoms with Gasteiger partial charge in [0.15, 0.2) is 0 Å². The lowest BCUT2D eigenvalue weighted by molar-refractivity contribution is -0.138. The molecule has 136 valence electrons. The summed E-state index contributed by atoms with van der Waals surface area (Å²) < 4.78 is 0. The molecule has 1 aromatic heterocycles. The maximum absolute atomic E-state index is 12.5. The Bertz CT molecular complexity index is 776. The van der Waals surface area contributed by atoms with Gasteiger partial charge in [0.2, 0.25) is 5.91 Å². The Balaban J connectivity index is 1.51. The molecule has 1 aromatic carbocycles. The van der Waals surface area contributed by atoms with Crippen molar-refractivity contribution in [3.63, 3.8) is 0 Å². The first kappa shape index (κ1) is 17.1. The standard InChI is InChI=1S/C22H27N3O/c1-18-7-5-10-20(23-18)24-14-6-12-22(16-24)13-11-21(26)25(17-22)15-19-8-3-2-4-9-19/h2-5,7-10H,6,11-17H2,1H3. The largest absolute Gasteiger partial charge is 0.356 e. The zero-order valence-electron chi connectivity index (χ0n) is 15.5. The molecule has 2 aliphatic rings. The first-order chi connectivity index (χ1) is 12.6. The predicted octanol–water partition coefficient (Wildman–Crippen LogP) is 3.80. The summed E-state index contributed by atoms with van der Waals surface area (Å²) in [6, 6.07) is 16.6. The fourth-order valence-electron chi connectivity index (χ4n) is 4.49. The Morgan fingerprint density at radius 3 is 2.69 bits per heavy atom. The average Bonchev–Trinajstić information content (AvgIpc) is 2.66. The summed E-state index contributed by atoms with van der Waals surface area (Å²) in [6.07, 6.45) is 4.04. The maximum atomic E-state index is 12.5. The van der Waals surface area contributed by atoms with Crippen molar-refractivity contribution in [2.75, 3.05) is 24.5 Å². The number of rotatable bonds is 3. The number of aromatic nitrogens is 1. The Kier molecular flexibility index (Phi) is 4.66. The van der Waals surface area contributed by atoms with Crippen LogP contribution in [0.25, 0.3) is 0 Å². The molecular weight excluding hydrogens is 322 g/mol. The number of hydrogen-bond donors (Lipinski definition) is 0. The third-order valence-corrected chi connectivity index (χ3v) is 5.82. The molecule has 4 nitrogen and oxygen atoms in total. The van der Waals surface area contributed by atoms with E-state index >= 15 is 0 Å². The van der Waals surface area contributed by atoms with E-state index in [1.807, 2.05) is 31.2 Å². The predicted molar refractivity (Wildman–Crippen MR) is 104 cm³/mol. The minimum Gasteiger partial charge on any atom is -0.356 e. The van der Waals surface area contributed by atoms with Gasteiger partial charge < -0.3 is 9.80 Å². The number of carbonyl (C=O) groups excluding carboxylic acids is 1. The molecule has 1 atom stereocenters. The normalized spacial score (nSPS) is 23.5. The first-order valence-corrected chi connectivity index (χ1v) is 9.64. The SMILES string of the molecule is Cc1cccc(N2CCCC3(CCC(=O)N(Cc4ccccc4)C3)C2)n1. The molecule has 0 N–H and O–H groups in total. The number of piperidine rings is 2. The van der Waals surface area contributed by atoms with E-state index in [9.17, 15) is 4.79 Å². The van der Waals surface area contributed by atoms with Gasteiger partial charge in [0.05, 0.1) is 0 Å². The van der Waals surface area contributed by atoms with Crippen LogP contribution in [-0.2, 0) is 11.3 Å². The summed E-state index contributed by atoms with van der Waals surface area (Å²) in [7, 11) is 0. The highest BCUT2D eigenvalue weighted by Crippen LogP contribution is 2.40. The van der Waals surface area contributed by atoms with Gasteiger partial charge in [-0.3, -0.25) is 4.79 Å². The van der Waals surface area contributed by atoms with Crippen LogP contribution in [0.5, 0.6) is 0 Å². The van der Waals surface area contributed by atoms with Crippen molar-refractivity contribution in [3.8, 4) is 0 Å². The molecule has 3 heterocycles. The molecule has 1 amide bonds. The van der Waals surface area contributed by atoms with Crippen molar-refractivity contribution in [1.29, 1.82) is 0 Å². The lowest BCUT2D eigenvalue weighted by atomic mass is 9.73. The molecule has 4 rings (SSSR count). The molecule has 0 radical (unpaired) electrons. The van der Waals surface area contributed by atoms with Crippen molar-refractivity contribution in [2.45, 2.75) is 39.2 Å². The Morgan fingerprint density at radius 1 is 1.04 bits per heavy atom. The van der Waals surface area contributed by atoms with Crippen LogP contribution in [0.3, 0.4) is 0 Å². The van der Waals surface area contributed by atoms with Gasteiger partial charge in [0, 0.05) is 43.7 Å². The molecule has 2 fully saturated rings. The van der Waals surface area contributed by atoms with Crippen LogP contribution in [-0.4, -0.2) is 35.4 Å². The van der Waals surface area contributed by atoms with E-state index in [0.29, 0.717) is 12.3 Å². The second-order valence-electron chi connectivity index (χ2n) is 7.90. The van der Waals surface area contributed by atoms with Crippen molar-refractivity contribution in [2.24, 2.45) is 5.41 Å². The molecule has 0 saturated carbocycles. The van der Waals surface area contributed by atoms with Crippen LogP contribution in [0.4, 0.5) is 5.82 Å². The third-order valence-electron chi connectivity index (χ3n) is 5.82. The molecule has 0 bridgehead atoms. The molecule has 0 aliphatic carbocycles. The fraction of sp³-hybridized carbons (Fsp3) is 0.455. The number of benzene rings is 1. The van der Waals surface area contributed by atoms with Gasteiger partial charge in [-0.2, -0.15) is 0 Å². The van der Waals surface area contributed by atoms with Crippen molar-refractivity contribution in [1.82, 2.24) is 9.88 Å². The van der Waals surface area contributed by atoms with Crippen LogP contribution in [0.2, 0.25) is 0 Å². The van der Waals surface area contributed by atoms with Gasteiger partial charge in [-0.25, -0.2) is 4.98 Å². The van der Waals surface area contributed by atoms with Crippen molar-refractivity contribution >= 4 is 11.7 Å². The van der Waals surface area contributed by atoms with Gasteiger partial charge in [-0.05, 0) is 43.9 Å². The smallest absolute Gasteiger partial charge is 0.222 e. The highest BCUT2D eigenvalue weighted by atomic mass is 16.2. The number of amides is 1. The second-order valence-corrected chi connectivity index (χ2v) is 7.90. The summed E-state index contributed by atoms with van der Waals surface area (Å²) in [5.41, 5.74) is 2.48. The van der Waals surface area contributed by atoms with E-state index in [-0.39, 0.29) is 5.41 Å².